The van der Waals surface area contributed by atoms with Crippen LogP contribution in [0.3, 0.4) is 0 Å². The van der Waals surface area contributed by atoms with E-state index >= 15 is 0 Å². The molecule has 21 heavy (non-hydrogen) atoms. The summed E-state index contributed by atoms with van der Waals surface area (Å²) in [6, 6.07) is 11.2. The van der Waals surface area contributed by atoms with Gasteiger partial charge in [-0.2, -0.15) is 0 Å². The first kappa shape index (κ1) is 14.6. The zero-order chi connectivity index (χ0) is 14.8. The smallest absolute Gasteiger partial charge is 0.167 e. The number of fused-ring (bicyclic) bond motifs is 1. The highest BCUT2D eigenvalue weighted by atomic mass is 35.5. The Morgan fingerprint density at radius 2 is 1.86 bits per heavy atom. The fourth-order valence-corrected chi connectivity index (χ4v) is 3.15. The van der Waals surface area contributed by atoms with Gasteiger partial charge in [0.05, 0.1) is 0 Å². The molecule has 1 aliphatic rings. The Morgan fingerprint density at radius 1 is 1.10 bits per heavy atom. The Balaban J connectivity index is 1.86. The zero-order valence-electron chi connectivity index (χ0n) is 11.5. The number of carbonyl (C=O) groups is 1. The summed E-state index contributed by atoms with van der Waals surface area (Å²) >= 11 is 12.3. The fourth-order valence-electron chi connectivity index (χ4n) is 2.62. The normalized spacial score (nSPS) is 13.8. The number of nitrogens with one attached hydrogen (secondary N) is 1. The Labute approximate surface area is 134 Å². The number of ketones is 1. The number of hydrogen-bond acceptors (Lipinski definition) is 2. The molecule has 0 fully saturated rings. The molecule has 2 aromatic carbocycles. The minimum atomic E-state index is 0.0402. The van der Waals surface area contributed by atoms with Crippen LogP contribution in [0.4, 0.5) is 0 Å². The molecule has 0 saturated heterocycles. The van der Waals surface area contributed by atoms with Crippen molar-refractivity contribution in [2.45, 2.75) is 19.4 Å². The van der Waals surface area contributed by atoms with Crippen LogP contribution in [-0.4, -0.2) is 12.3 Å². The largest absolute Gasteiger partial charge is 0.312 e. The molecule has 108 valence electrons. The van der Waals surface area contributed by atoms with Gasteiger partial charge in [-0.25, -0.2) is 0 Å². The van der Waals surface area contributed by atoms with Crippen LogP contribution in [0.5, 0.6) is 0 Å². The molecule has 0 atom stereocenters. The summed E-state index contributed by atoms with van der Waals surface area (Å²) in [4.78, 5) is 12.5. The number of benzene rings is 2. The van der Waals surface area contributed by atoms with Crippen LogP contribution in [0.15, 0.2) is 36.4 Å². The van der Waals surface area contributed by atoms with E-state index in [2.05, 4.69) is 11.4 Å². The van der Waals surface area contributed by atoms with Gasteiger partial charge in [-0.3, -0.25) is 4.79 Å². The van der Waals surface area contributed by atoms with E-state index in [4.69, 9.17) is 23.2 Å². The van der Waals surface area contributed by atoms with E-state index in [0.29, 0.717) is 21.2 Å². The Kier molecular flexibility index (Phi) is 4.29. The molecule has 2 nitrogen and oxygen atoms in total. The molecule has 0 radical (unpaired) electrons. The topological polar surface area (TPSA) is 29.1 Å². The molecular weight excluding hydrogens is 305 g/mol. The predicted octanol–water partition coefficient (Wildman–Crippen LogP) is 4.06. The molecule has 3 rings (SSSR count). The number of halogens is 2. The van der Waals surface area contributed by atoms with Crippen molar-refractivity contribution in [1.82, 2.24) is 5.32 Å². The molecule has 0 aromatic heterocycles. The molecule has 0 bridgehead atoms. The van der Waals surface area contributed by atoms with Crippen molar-refractivity contribution < 1.29 is 4.79 Å². The standard InChI is InChI=1S/C17H15Cl2NO/c18-15-2-1-3-16(19)14(15)9-17(21)12-5-4-11-6-7-20-10-13(11)8-12/h1-5,8,20H,6-7,9-10H2. The van der Waals surface area contributed by atoms with Crippen molar-refractivity contribution in [2.75, 3.05) is 6.54 Å². The van der Waals surface area contributed by atoms with Gasteiger partial charge in [-0.1, -0.05) is 41.4 Å². The third kappa shape index (κ3) is 3.13. The molecule has 4 heteroatoms. The van der Waals surface area contributed by atoms with Crippen LogP contribution in [0.1, 0.15) is 27.0 Å². The van der Waals surface area contributed by atoms with Crippen molar-refractivity contribution in [3.63, 3.8) is 0 Å². The molecule has 0 spiro atoms. The monoisotopic (exact) mass is 319 g/mol. The highest BCUT2D eigenvalue weighted by molar-refractivity contribution is 6.36. The first-order valence-electron chi connectivity index (χ1n) is 6.94. The van der Waals surface area contributed by atoms with E-state index in [1.54, 1.807) is 18.2 Å². The number of rotatable bonds is 3. The lowest BCUT2D eigenvalue weighted by Crippen LogP contribution is -2.24. The minimum absolute atomic E-state index is 0.0402. The number of carbonyl (C=O) groups excluding carboxylic acids is 1. The van der Waals surface area contributed by atoms with Gasteiger partial charge >= 0.3 is 0 Å². The molecule has 0 saturated carbocycles. The highest BCUT2D eigenvalue weighted by Gasteiger charge is 2.15. The van der Waals surface area contributed by atoms with Crippen molar-refractivity contribution in [2.24, 2.45) is 0 Å². The van der Waals surface area contributed by atoms with Crippen molar-refractivity contribution in [3.8, 4) is 0 Å². The first-order valence-corrected chi connectivity index (χ1v) is 7.69. The summed E-state index contributed by atoms with van der Waals surface area (Å²) in [5, 5.41) is 4.40. The lowest BCUT2D eigenvalue weighted by molar-refractivity contribution is 0.0993. The third-order valence-electron chi connectivity index (χ3n) is 3.81. The van der Waals surface area contributed by atoms with Crippen molar-refractivity contribution in [3.05, 3.63) is 68.7 Å². The summed E-state index contributed by atoms with van der Waals surface area (Å²) in [7, 11) is 0. The van der Waals surface area contributed by atoms with Gasteiger partial charge in [-0.05, 0) is 47.9 Å². The van der Waals surface area contributed by atoms with E-state index < -0.39 is 0 Å². The zero-order valence-corrected chi connectivity index (χ0v) is 13.0. The van der Waals surface area contributed by atoms with E-state index in [1.165, 1.54) is 11.1 Å². The van der Waals surface area contributed by atoms with Crippen LogP contribution >= 0.6 is 23.2 Å². The lowest BCUT2D eigenvalue weighted by Gasteiger charge is -2.17. The van der Waals surface area contributed by atoms with Crippen LogP contribution in [0, 0.1) is 0 Å². The maximum atomic E-state index is 12.5. The summed E-state index contributed by atoms with van der Waals surface area (Å²) in [6.45, 7) is 1.82. The first-order chi connectivity index (χ1) is 10.1. The van der Waals surface area contributed by atoms with Gasteiger partial charge in [0, 0.05) is 28.6 Å². The summed E-state index contributed by atoms with van der Waals surface area (Å²) in [5.41, 5.74) is 3.94. The summed E-state index contributed by atoms with van der Waals surface area (Å²) < 4.78 is 0. The number of hydrogen-bond donors (Lipinski definition) is 1. The van der Waals surface area contributed by atoms with E-state index in [1.807, 2.05) is 12.1 Å². The fraction of sp³-hybridized carbons (Fsp3) is 0.235. The molecule has 0 aliphatic carbocycles. The van der Waals surface area contributed by atoms with Gasteiger partial charge in [0.1, 0.15) is 0 Å². The maximum absolute atomic E-state index is 12.5. The molecule has 1 aliphatic heterocycles. The second kappa shape index (κ2) is 6.18. The average molecular weight is 320 g/mol. The van der Waals surface area contributed by atoms with Crippen molar-refractivity contribution >= 4 is 29.0 Å². The number of Topliss-reactive ketones (excluding diaryl/α,β-unsaturated/α-hetero) is 1. The minimum Gasteiger partial charge on any atom is -0.312 e. The van der Waals surface area contributed by atoms with E-state index in [9.17, 15) is 4.79 Å². The molecule has 1 heterocycles. The molecule has 0 unspecified atom stereocenters. The summed E-state index contributed by atoms with van der Waals surface area (Å²) in [5.74, 6) is 0.0402. The highest BCUT2D eigenvalue weighted by Crippen LogP contribution is 2.26. The van der Waals surface area contributed by atoms with Gasteiger partial charge in [0.2, 0.25) is 0 Å². The predicted molar refractivity (Wildman–Crippen MR) is 86.3 cm³/mol. The maximum Gasteiger partial charge on any atom is 0.167 e. The molecular formula is C17H15Cl2NO. The van der Waals surface area contributed by atoms with Gasteiger partial charge in [-0.15, -0.1) is 0 Å². The van der Waals surface area contributed by atoms with Crippen LogP contribution in [0.25, 0.3) is 0 Å². The molecule has 1 N–H and O–H groups in total. The van der Waals surface area contributed by atoms with Gasteiger partial charge in [0.25, 0.3) is 0 Å². The lowest BCUT2D eigenvalue weighted by atomic mass is 9.95. The quantitative estimate of drug-likeness (QED) is 0.864. The molecule has 2 aromatic rings. The van der Waals surface area contributed by atoms with Gasteiger partial charge in [0.15, 0.2) is 5.78 Å². The second-order valence-corrected chi connectivity index (χ2v) is 6.02. The Morgan fingerprint density at radius 3 is 2.62 bits per heavy atom. The second-order valence-electron chi connectivity index (χ2n) is 5.21. The van der Waals surface area contributed by atoms with Crippen LogP contribution < -0.4 is 5.32 Å². The molecule has 0 amide bonds. The van der Waals surface area contributed by atoms with Gasteiger partial charge < -0.3 is 5.32 Å². The Hall–Kier alpha value is -1.35. The van der Waals surface area contributed by atoms with Crippen LogP contribution in [0.2, 0.25) is 10.0 Å². The Bertz CT molecular complexity index is 677. The summed E-state index contributed by atoms with van der Waals surface area (Å²) in [6.07, 6.45) is 1.24. The van der Waals surface area contributed by atoms with Crippen LogP contribution in [-0.2, 0) is 19.4 Å². The third-order valence-corrected chi connectivity index (χ3v) is 4.52. The van der Waals surface area contributed by atoms with E-state index in [-0.39, 0.29) is 12.2 Å². The van der Waals surface area contributed by atoms with Crippen molar-refractivity contribution in [1.29, 1.82) is 0 Å². The SMILES string of the molecule is O=C(Cc1c(Cl)cccc1Cl)c1ccc2c(c1)CNCC2. The van der Waals surface area contributed by atoms with E-state index in [0.717, 1.165) is 19.5 Å². The average Bonchev–Trinajstić information content (AvgIpc) is 2.50.